The molecule has 88 valence electrons. The van der Waals surface area contributed by atoms with E-state index >= 15 is 0 Å². The number of alkyl halides is 1. The predicted octanol–water partition coefficient (Wildman–Crippen LogP) is 4.94. The van der Waals surface area contributed by atoms with Crippen LogP contribution < -0.4 is 4.74 Å². The van der Waals surface area contributed by atoms with E-state index in [2.05, 4.69) is 50.1 Å². The molecular weight excluding hydrogens is 344 g/mol. The van der Waals surface area contributed by atoms with Crippen LogP contribution in [0.3, 0.4) is 0 Å². The van der Waals surface area contributed by atoms with Crippen molar-refractivity contribution >= 4 is 31.9 Å². The van der Waals surface area contributed by atoms with E-state index in [4.69, 9.17) is 4.74 Å². The van der Waals surface area contributed by atoms with Gasteiger partial charge in [0.15, 0.2) is 0 Å². The number of rotatable bonds is 3. The van der Waals surface area contributed by atoms with Crippen LogP contribution in [-0.2, 0) is 0 Å². The first-order valence-corrected chi connectivity index (χ1v) is 6.95. The van der Waals surface area contributed by atoms with Crippen LogP contribution in [0.25, 0.3) is 0 Å². The first-order valence-electron chi connectivity index (χ1n) is 5.25. The molecule has 3 heteroatoms. The van der Waals surface area contributed by atoms with Crippen molar-refractivity contribution in [3.63, 3.8) is 0 Å². The molecule has 0 aliphatic carbocycles. The summed E-state index contributed by atoms with van der Waals surface area (Å²) >= 11 is 7.29. The molecule has 0 radical (unpaired) electrons. The third-order valence-electron chi connectivity index (χ3n) is 2.59. The van der Waals surface area contributed by atoms with E-state index in [1.54, 1.807) is 7.11 Å². The van der Waals surface area contributed by atoms with Crippen LogP contribution in [0.2, 0.25) is 0 Å². The normalized spacial score (nSPS) is 12.2. The molecule has 0 aliphatic heterocycles. The highest BCUT2D eigenvalue weighted by Crippen LogP contribution is 2.35. The van der Waals surface area contributed by atoms with Gasteiger partial charge in [-0.15, -0.1) is 0 Å². The van der Waals surface area contributed by atoms with E-state index in [1.807, 2.05) is 30.3 Å². The number of benzene rings is 2. The van der Waals surface area contributed by atoms with E-state index in [0.29, 0.717) is 0 Å². The van der Waals surface area contributed by atoms with Crippen molar-refractivity contribution < 1.29 is 4.74 Å². The lowest BCUT2D eigenvalue weighted by Crippen LogP contribution is -1.94. The zero-order valence-corrected chi connectivity index (χ0v) is 12.5. The van der Waals surface area contributed by atoms with Gasteiger partial charge >= 0.3 is 0 Å². The molecule has 0 bridgehead atoms. The highest BCUT2D eigenvalue weighted by Gasteiger charge is 2.12. The Kier molecular flexibility index (Phi) is 4.24. The van der Waals surface area contributed by atoms with Crippen LogP contribution in [0.1, 0.15) is 16.0 Å². The molecular formula is C14H12Br2O. The Hall–Kier alpha value is -0.800. The summed E-state index contributed by atoms with van der Waals surface area (Å²) in [4.78, 5) is 0.184. The number of hydrogen-bond donors (Lipinski definition) is 0. The smallest absolute Gasteiger partial charge is 0.118 e. The molecule has 1 nitrogen and oxygen atoms in total. The van der Waals surface area contributed by atoms with Crippen molar-refractivity contribution in [2.75, 3.05) is 7.11 Å². The summed E-state index contributed by atoms with van der Waals surface area (Å²) in [5, 5.41) is 0. The van der Waals surface area contributed by atoms with Crippen molar-refractivity contribution in [3.8, 4) is 5.75 Å². The summed E-state index contributed by atoms with van der Waals surface area (Å²) in [5.41, 5.74) is 2.43. The number of hydrogen-bond acceptors (Lipinski definition) is 1. The van der Waals surface area contributed by atoms with Crippen molar-refractivity contribution in [2.45, 2.75) is 4.83 Å². The van der Waals surface area contributed by atoms with Gasteiger partial charge in [-0.25, -0.2) is 0 Å². The average molecular weight is 356 g/mol. The molecule has 1 atom stereocenters. The second-order valence-corrected chi connectivity index (χ2v) is 5.43. The molecule has 0 saturated heterocycles. The van der Waals surface area contributed by atoms with Gasteiger partial charge in [0, 0.05) is 4.47 Å². The minimum absolute atomic E-state index is 0.184. The summed E-state index contributed by atoms with van der Waals surface area (Å²) in [6.07, 6.45) is 0. The fourth-order valence-electron chi connectivity index (χ4n) is 1.63. The Bertz CT molecular complexity index is 494. The van der Waals surface area contributed by atoms with E-state index < -0.39 is 0 Å². The van der Waals surface area contributed by atoms with E-state index in [1.165, 1.54) is 11.1 Å². The van der Waals surface area contributed by atoms with Crippen LogP contribution in [-0.4, -0.2) is 7.11 Å². The van der Waals surface area contributed by atoms with Crippen LogP contribution in [0.15, 0.2) is 53.0 Å². The van der Waals surface area contributed by atoms with Gasteiger partial charge in [0.25, 0.3) is 0 Å². The SMILES string of the molecule is COc1ccc(C(Br)c2ccccc2Br)cc1. The van der Waals surface area contributed by atoms with Gasteiger partial charge in [-0.1, -0.05) is 62.2 Å². The van der Waals surface area contributed by atoms with Gasteiger partial charge in [0.2, 0.25) is 0 Å². The third-order valence-corrected chi connectivity index (χ3v) is 4.33. The lowest BCUT2D eigenvalue weighted by molar-refractivity contribution is 0.414. The Balaban J connectivity index is 2.30. The number of methoxy groups -OCH3 is 1. The van der Waals surface area contributed by atoms with Crippen molar-refractivity contribution in [2.24, 2.45) is 0 Å². The largest absolute Gasteiger partial charge is 0.497 e. The summed E-state index contributed by atoms with van der Waals surface area (Å²) in [6, 6.07) is 16.3. The van der Waals surface area contributed by atoms with Crippen molar-refractivity contribution in [3.05, 3.63) is 64.1 Å². The monoisotopic (exact) mass is 354 g/mol. The molecule has 0 aliphatic rings. The van der Waals surface area contributed by atoms with Crippen LogP contribution >= 0.6 is 31.9 Å². The second kappa shape index (κ2) is 5.69. The molecule has 0 aromatic heterocycles. The molecule has 0 amide bonds. The Morgan fingerprint density at radius 2 is 1.65 bits per heavy atom. The van der Waals surface area contributed by atoms with Crippen molar-refractivity contribution in [1.82, 2.24) is 0 Å². The molecule has 2 aromatic carbocycles. The highest BCUT2D eigenvalue weighted by molar-refractivity contribution is 9.11. The zero-order valence-electron chi connectivity index (χ0n) is 9.36. The predicted molar refractivity (Wildman–Crippen MR) is 77.9 cm³/mol. The molecule has 2 aromatic rings. The maximum absolute atomic E-state index is 5.15. The van der Waals surface area contributed by atoms with E-state index in [9.17, 15) is 0 Å². The van der Waals surface area contributed by atoms with Gasteiger partial charge in [-0.3, -0.25) is 0 Å². The van der Waals surface area contributed by atoms with E-state index in [0.717, 1.165) is 10.2 Å². The Morgan fingerprint density at radius 1 is 1.00 bits per heavy atom. The minimum Gasteiger partial charge on any atom is -0.497 e. The van der Waals surface area contributed by atoms with Crippen LogP contribution in [0, 0.1) is 0 Å². The lowest BCUT2D eigenvalue weighted by Gasteiger charge is -2.13. The maximum atomic E-state index is 5.15. The molecule has 0 heterocycles. The molecule has 0 N–H and O–H groups in total. The van der Waals surface area contributed by atoms with E-state index in [-0.39, 0.29) is 4.83 Å². The summed E-state index contributed by atoms with van der Waals surface area (Å²) in [5.74, 6) is 0.876. The number of ether oxygens (including phenoxy) is 1. The summed E-state index contributed by atoms with van der Waals surface area (Å²) in [6.45, 7) is 0. The lowest BCUT2D eigenvalue weighted by atomic mass is 10.0. The first kappa shape index (κ1) is 12.7. The molecule has 17 heavy (non-hydrogen) atoms. The number of halogens is 2. The Labute approximate surface area is 118 Å². The van der Waals surface area contributed by atoms with Crippen LogP contribution in [0.4, 0.5) is 0 Å². The van der Waals surface area contributed by atoms with Gasteiger partial charge in [0.1, 0.15) is 5.75 Å². The molecule has 1 unspecified atom stereocenters. The molecule has 0 saturated carbocycles. The standard InChI is InChI=1S/C14H12Br2O/c1-17-11-8-6-10(7-9-11)14(16)12-4-2-3-5-13(12)15/h2-9,14H,1H3. The second-order valence-electron chi connectivity index (χ2n) is 3.66. The average Bonchev–Trinajstić information content (AvgIpc) is 2.39. The van der Waals surface area contributed by atoms with Crippen LogP contribution in [0.5, 0.6) is 5.75 Å². The van der Waals surface area contributed by atoms with Gasteiger partial charge < -0.3 is 4.74 Å². The zero-order chi connectivity index (χ0) is 12.3. The Morgan fingerprint density at radius 3 is 2.24 bits per heavy atom. The summed E-state index contributed by atoms with van der Waals surface area (Å²) in [7, 11) is 1.68. The molecule has 0 spiro atoms. The fraction of sp³-hybridized carbons (Fsp3) is 0.143. The van der Waals surface area contributed by atoms with Gasteiger partial charge in [-0.2, -0.15) is 0 Å². The summed E-state index contributed by atoms with van der Waals surface area (Å²) < 4.78 is 6.26. The minimum atomic E-state index is 0.184. The quantitative estimate of drug-likeness (QED) is 0.708. The molecule has 2 rings (SSSR count). The van der Waals surface area contributed by atoms with Crippen molar-refractivity contribution in [1.29, 1.82) is 0 Å². The van der Waals surface area contributed by atoms with Gasteiger partial charge in [0.05, 0.1) is 11.9 Å². The van der Waals surface area contributed by atoms with Gasteiger partial charge in [-0.05, 0) is 29.3 Å². The maximum Gasteiger partial charge on any atom is 0.118 e. The molecule has 0 fully saturated rings. The third kappa shape index (κ3) is 2.90. The fourth-order valence-corrected chi connectivity index (χ4v) is 3.16. The first-order chi connectivity index (χ1) is 8.22. The highest BCUT2D eigenvalue weighted by atomic mass is 79.9. The topological polar surface area (TPSA) is 9.23 Å².